The Morgan fingerprint density at radius 1 is 0.879 bits per heavy atom. The van der Waals surface area contributed by atoms with Crippen molar-refractivity contribution in [2.75, 3.05) is 63.8 Å². The highest BCUT2D eigenvalue weighted by Crippen LogP contribution is 2.35. The smallest absolute Gasteiger partial charge is 0.324 e. The molecule has 0 atom stereocenters. The molecule has 0 radical (unpaired) electrons. The second-order valence-corrected chi connectivity index (χ2v) is 8.89. The van der Waals surface area contributed by atoms with Gasteiger partial charge in [-0.15, -0.1) is 0 Å². The number of hydrogen-bond acceptors (Lipinski definition) is 8. The van der Waals surface area contributed by atoms with Crippen LogP contribution in [-0.2, 0) is 0 Å². The van der Waals surface area contributed by atoms with E-state index < -0.39 is 0 Å². The van der Waals surface area contributed by atoms with Crippen LogP contribution in [0.2, 0.25) is 0 Å². The molecule has 2 fully saturated rings. The number of piperazine rings is 1. The lowest BCUT2D eigenvalue weighted by Gasteiger charge is -2.53. The third kappa shape index (κ3) is 4.23. The van der Waals surface area contributed by atoms with E-state index in [0.717, 1.165) is 51.1 Å². The Morgan fingerprint density at radius 2 is 1.58 bits per heavy atom. The zero-order valence-corrected chi connectivity index (χ0v) is 19.5. The summed E-state index contributed by atoms with van der Waals surface area (Å²) in [5, 5.41) is 4.26. The minimum Gasteiger partial charge on any atom is -0.497 e. The molecule has 0 aliphatic carbocycles. The first kappa shape index (κ1) is 21.6. The molecule has 2 aliphatic rings. The second-order valence-electron chi connectivity index (χ2n) is 8.89. The van der Waals surface area contributed by atoms with Crippen molar-refractivity contribution in [3.05, 3.63) is 48.5 Å². The molecule has 0 amide bonds. The van der Waals surface area contributed by atoms with E-state index in [4.69, 9.17) is 19.0 Å². The molecule has 1 aromatic heterocycles. The number of ether oxygens (including phenoxy) is 2. The first-order valence-corrected chi connectivity index (χ1v) is 11.4. The number of anilines is 2. The predicted molar refractivity (Wildman–Crippen MR) is 128 cm³/mol. The summed E-state index contributed by atoms with van der Waals surface area (Å²) in [6, 6.07) is 16.9. The van der Waals surface area contributed by atoms with Gasteiger partial charge in [-0.1, -0.05) is 23.4 Å². The van der Waals surface area contributed by atoms with Crippen LogP contribution in [0.15, 0.2) is 53.1 Å². The molecule has 2 aliphatic heterocycles. The molecule has 3 aromatic rings. The molecule has 0 bridgehead atoms. The van der Waals surface area contributed by atoms with Crippen molar-refractivity contribution in [3.8, 4) is 22.9 Å². The van der Waals surface area contributed by atoms with Crippen molar-refractivity contribution >= 4 is 11.7 Å². The van der Waals surface area contributed by atoms with Crippen LogP contribution in [0, 0.1) is 0 Å². The number of aromatic nitrogens is 2. The van der Waals surface area contributed by atoms with Crippen molar-refractivity contribution in [3.63, 3.8) is 0 Å². The monoisotopic (exact) mass is 449 g/mol. The standard InChI is InChI=1S/C25H31N5O3/c1-28-13-14-30(18-25(28)9-11-29(12-10-25)20-7-5-4-6-8-20)24-26-23(27-33-24)19-15-21(31-2)17-22(16-19)32-3/h4-8,15-17H,9-14,18H2,1-3H3. The molecular formula is C25H31N5O3. The lowest BCUT2D eigenvalue weighted by molar-refractivity contribution is 0.0736. The summed E-state index contributed by atoms with van der Waals surface area (Å²) in [5.41, 5.74) is 2.22. The molecule has 33 heavy (non-hydrogen) atoms. The topological polar surface area (TPSA) is 67.1 Å². The second kappa shape index (κ2) is 8.94. The zero-order chi connectivity index (χ0) is 22.8. The Hall–Kier alpha value is -3.26. The van der Waals surface area contributed by atoms with Crippen LogP contribution in [-0.4, -0.2) is 74.6 Å². The lowest BCUT2D eigenvalue weighted by Crippen LogP contribution is -2.64. The summed E-state index contributed by atoms with van der Waals surface area (Å²) in [4.78, 5) is 12.0. The van der Waals surface area contributed by atoms with E-state index in [1.54, 1.807) is 14.2 Å². The van der Waals surface area contributed by atoms with Gasteiger partial charge < -0.3 is 23.8 Å². The highest BCUT2D eigenvalue weighted by molar-refractivity contribution is 5.61. The molecule has 0 saturated carbocycles. The molecule has 3 heterocycles. The Kier molecular flexibility index (Phi) is 5.85. The van der Waals surface area contributed by atoms with Gasteiger partial charge in [-0.3, -0.25) is 4.90 Å². The van der Waals surface area contributed by atoms with E-state index >= 15 is 0 Å². The van der Waals surface area contributed by atoms with Crippen LogP contribution >= 0.6 is 0 Å². The number of piperidine rings is 1. The van der Waals surface area contributed by atoms with E-state index in [2.05, 4.69) is 57.2 Å². The molecular weight excluding hydrogens is 418 g/mol. The van der Waals surface area contributed by atoms with Gasteiger partial charge in [-0.05, 0) is 44.2 Å². The number of methoxy groups -OCH3 is 2. The molecule has 2 saturated heterocycles. The van der Waals surface area contributed by atoms with Gasteiger partial charge in [-0.25, -0.2) is 0 Å². The maximum absolute atomic E-state index is 5.72. The first-order chi connectivity index (χ1) is 16.1. The Morgan fingerprint density at radius 3 is 2.24 bits per heavy atom. The number of para-hydroxylation sites is 1. The van der Waals surface area contributed by atoms with Gasteiger partial charge in [0.05, 0.1) is 14.2 Å². The molecule has 0 unspecified atom stereocenters. The van der Waals surface area contributed by atoms with Crippen LogP contribution in [0.25, 0.3) is 11.4 Å². The van der Waals surface area contributed by atoms with Gasteiger partial charge in [0.25, 0.3) is 0 Å². The summed E-state index contributed by atoms with van der Waals surface area (Å²) in [6.45, 7) is 4.80. The highest BCUT2D eigenvalue weighted by atomic mass is 16.5. The van der Waals surface area contributed by atoms with E-state index in [9.17, 15) is 0 Å². The number of benzene rings is 2. The van der Waals surface area contributed by atoms with Crippen LogP contribution in [0.5, 0.6) is 11.5 Å². The quantitative estimate of drug-likeness (QED) is 0.586. The minimum absolute atomic E-state index is 0.108. The predicted octanol–water partition coefficient (Wildman–Crippen LogP) is 3.54. The lowest BCUT2D eigenvalue weighted by atomic mass is 9.83. The van der Waals surface area contributed by atoms with Crippen molar-refractivity contribution in [1.82, 2.24) is 15.0 Å². The fourth-order valence-corrected chi connectivity index (χ4v) is 4.98. The fourth-order valence-electron chi connectivity index (χ4n) is 4.98. The van der Waals surface area contributed by atoms with Crippen LogP contribution in [0.3, 0.4) is 0 Å². The maximum atomic E-state index is 5.72. The summed E-state index contributed by atoms with van der Waals surface area (Å²) >= 11 is 0. The van der Waals surface area contributed by atoms with Crippen molar-refractivity contribution in [2.24, 2.45) is 0 Å². The summed E-state index contributed by atoms with van der Waals surface area (Å²) in [5.74, 6) is 1.92. The van der Waals surface area contributed by atoms with Gasteiger partial charge in [0.2, 0.25) is 5.82 Å². The van der Waals surface area contributed by atoms with Gasteiger partial charge >= 0.3 is 6.01 Å². The largest absolute Gasteiger partial charge is 0.497 e. The first-order valence-electron chi connectivity index (χ1n) is 11.4. The van der Waals surface area contributed by atoms with E-state index in [1.807, 2.05) is 18.2 Å². The minimum atomic E-state index is 0.108. The maximum Gasteiger partial charge on any atom is 0.324 e. The fraction of sp³-hybridized carbons (Fsp3) is 0.440. The third-order valence-corrected chi connectivity index (χ3v) is 7.11. The van der Waals surface area contributed by atoms with Crippen molar-refractivity contribution in [1.29, 1.82) is 0 Å². The van der Waals surface area contributed by atoms with E-state index in [1.165, 1.54) is 5.69 Å². The summed E-state index contributed by atoms with van der Waals surface area (Å²) < 4.78 is 16.5. The zero-order valence-electron chi connectivity index (χ0n) is 19.5. The van der Waals surface area contributed by atoms with Crippen molar-refractivity contribution < 1.29 is 14.0 Å². The van der Waals surface area contributed by atoms with Crippen molar-refractivity contribution in [2.45, 2.75) is 18.4 Å². The van der Waals surface area contributed by atoms with E-state index in [0.29, 0.717) is 23.3 Å². The summed E-state index contributed by atoms with van der Waals surface area (Å²) in [7, 11) is 5.51. The molecule has 0 N–H and O–H groups in total. The Labute approximate surface area is 194 Å². The highest BCUT2D eigenvalue weighted by Gasteiger charge is 2.43. The van der Waals surface area contributed by atoms with Crippen LogP contribution in [0.1, 0.15) is 12.8 Å². The average molecular weight is 450 g/mol. The van der Waals surface area contributed by atoms with Gasteiger partial charge in [0.1, 0.15) is 11.5 Å². The van der Waals surface area contributed by atoms with E-state index in [-0.39, 0.29) is 5.54 Å². The molecule has 174 valence electrons. The molecule has 2 aromatic carbocycles. The van der Waals surface area contributed by atoms with Gasteiger partial charge in [0.15, 0.2) is 0 Å². The molecule has 8 heteroatoms. The molecule has 1 spiro atoms. The number of nitrogens with zero attached hydrogens (tertiary/aromatic N) is 5. The molecule has 5 rings (SSSR count). The Bertz CT molecular complexity index is 1060. The average Bonchev–Trinajstić information content (AvgIpc) is 3.37. The number of likely N-dealkylation sites (N-methyl/N-ethyl adjacent to an activating group) is 1. The van der Waals surface area contributed by atoms with Crippen LogP contribution < -0.4 is 19.3 Å². The summed E-state index contributed by atoms with van der Waals surface area (Å²) in [6.07, 6.45) is 2.20. The normalized spacial score (nSPS) is 18.5. The SMILES string of the molecule is COc1cc(OC)cc(-c2noc(N3CCN(C)C4(CCN(c5ccccc5)CC4)C3)n2)c1. The van der Waals surface area contributed by atoms with Crippen LogP contribution in [0.4, 0.5) is 11.7 Å². The molecule has 8 nitrogen and oxygen atoms in total. The van der Waals surface area contributed by atoms with Gasteiger partial charge in [-0.2, -0.15) is 4.98 Å². The number of rotatable bonds is 5. The van der Waals surface area contributed by atoms with Gasteiger partial charge in [0, 0.05) is 55.6 Å². The third-order valence-electron chi connectivity index (χ3n) is 7.11. The number of hydrogen-bond donors (Lipinski definition) is 0. The Balaban J connectivity index is 1.32.